The van der Waals surface area contributed by atoms with Crippen molar-refractivity contribution in [3.63, 3.8) is 0 Å². The first-order valence-electron chi connectivity index (χ1n) is 41.6. The lowest BCUT2D eigenvalue weighted by atomic mass is 10.0. The maximum Gasteiger partial charge on any atom is 0.305 e. The lowest BCUT2D eigenvalue weighted by molar-refractivity contribution is -0.143. The van der Waals surface area contributed by atoms with Crippen LogP contribution in [0.1, 0.15) is 476 Å². The van der Waals surface area contributed by atoms with Crippen molar-refractivity contribution in [2.75, 3.05) is 13.2 Å². The molecule has 6 nitrogen and oxygen atoms in total. The van der Waals surface area contributed by atoms with Gasteiger partial charge in [-0.15, -0.1) is 0 Å². The van der Waals surface area contributed by atoms with E-state index in [0.717, 1.165) is 44.9 Å². The number of nitrogens with one attached hydrogen (secondary N) is 1. The molecule has 0 aromatic rings. The van der Waals surface area contributed by atoms with Crippen molar-refractivity contribution in [2.45, 2.75) is 488 Å². The fourth-order valence-electron chi connectivity index (χ4n) is 13.4. The van der Waals surface area contributed by atoms with Gasteiger partial charge in [-0.05, 0) is 57.8 Å². The summed E-state index contributed by atoms with van der Waals surface area (Å²) in [7, 11) is 0. The number of hydrogen-bond acceptors (Lipinski definition) is 5. The first kappa shape index (κ1) is 88.3. The highest BCUT2D eigenvalue weighted by molar-refractivity contribution is 5.76. The largest absolute Gasteiger partial charge is 0.466 e. The van der Waals surface area contributed by atoms with Gasteiger partial charge in [-0.2, -0.15) is 0 Å². The number of carbonyl (C=O) groups is 2. The normalized spacial score (nSPS) is 12.5. The third kappa shape index (κ3) is 75.4. The van der Waals surface area contributed by atoms with Gasteiger partial charge in [-0.1, -0.05) is 430 Å². The molecule has 90 heavy (non-hydrogen) atoms. The average molecular weight is 1270 g/mol. The molecule has 2 unspecified atom stereocenters. The number of ether oxygens (including phenoxy) is 1. The number of unbranched alkanes of at least 4 members (excludes halogenated alkanes) is 64. The third-order valence-electron chi connectivity index (χ3n) is 19.8. The van der Waals surface area contributed by atoms with Crippen LogP contribution in [0.25, 0.3) is 0 Å². The maximum atomic E-state index is 12.6. The summed E-state index contributed by atoms with van der Waals surface area (Å²) in [6.07, 6.45) is 103. The van der Waals surface area contributed by atoms with Gasteiger partial charge in [0, 0.05) is 12.8 Å². The van der Waals surface area contributed by atoms with Crippen LogP contribution in [-0.4, -0.2) is 47.4 Å². The Kier molecular flexibility index (Phi) is 78.3. The minimum Gasteiger partial charge on any atom is -0.466 e. The van der Waals surface area contributed by atoms with E-state index >= 15 is 0 Å². The zero-order valence-corrected chi connectivity index (χ0v) is 61.4. The number of carbonyl (C=O) groups excluding carboxylic acids is 2. The summed E-state index contributed by atoms with van der Waals surface area (Å²) in [5.74, 6) is -0.00520. The standard InChI is InChI=1S/C84H163NO5/c1-3-5-7-9-11-13-15-17-19-21-22-38-41-45-48-52-56-60-64-68-72-76-82(87)81(80-86)85-83(88)77-73-69-65-61-57-53-49-46-42-39-36-34-32-30-28-26-24-23-25-27-29-31-33-35-37-40-43-47-51-55-59-63-67-71-75-79-90-84(89)78-74-70-66-62-58-54-50-44-20-18-16-14-12-10-8-6-4-2/h25,27,31,33,81-82,86-87H,3-24,26,28-30,32,34-80H2,1-2H3,(H,85,88)/b27-25-,33-31-. The van der Waals surface area contributed by atoms with Gasteiger partial charge < -0.3 is 20.3 Å². The molecule has 0 heterocycles. The fraction of sp³-hybridized carbons (Fsp3) is 0.929. The van der Waals surface area contributed by atoms with E-state index in [4.69, 9.17) is 4.74 Å². The Labute approximate surface area is 564 Å². The van der Waals surface area contributed by atoms with Crippen LogP contribution in [0.2, 0.25) is 0 Å². The molecular formula is C84H163NO5. The number of allylic oxidation sites excluding steroid dienone is 4. The molecular weight excluding hydrogens is 1100 g/mol. The number of amides is 1. The van der Waals surface area contributed by atoms with Gasteiger partial charge in [0.15, 0.2) is 0 Å². The molecule has 0 fully saturated rings. The zero-order chi connectivity index (χ0) is 64.9. The molecule has 0 aliphatic rings. The van der Waals surface area contributed by atoms with Crippen molar-refractivity contribution < 1.29 is 24.5 Å². The highest BCUT2D eigenvalue weighted by Gasteiger charge is 2.20. The number of hydrogen-bond donors (Lipinski definition) is 3. The van der Waals surface area contributed by atoms with Gasteiger partial charge in [-0.25, -0.2) is 0 Å². The van der Waals surface area contributed by atoms with Crippen molar-refractivity contribution in [1.29, 1.82) is 0 Å². The minimum atomic E-state index is -0.664. The Morgan fingerprint density at radius 1 is 0.311 bits per heavy atom. The van der Waals surface area contributed by atoms with E-state index in [1.807, 2.05) is 0 Å². The zero-order valence-electron chi connectivity index (χ0n) is 61.4. The second-order valence-corrected chi connectivity index (χ2v) is 28.8. The molecule has 0 saturated carbocycles. The number of aliphatic hydroxyl groups excluding tert-OH is 2. The van der Waals surface area contributed by atoms with E-state index in [-0.39, 0.29) is 18.5 Å². The lowest BCUT2D eigenvalue weighted by Crippen LogP contribution is -2.45. The van der Waals surface area contributed by atoms with Crippen molar-refractivity contribution in [1.82, 2.24) is 5.32 Å². The molecule has 534 valence electrons. The molecule has 0 rings (SSSR count). The highest BCUT2D eigenvalue weighted by Crippen LogP contribution is 2.20. The first-order valence-corrected chi connectivity index (χ1v) is 41.6. The van der Waals surface area contributed by atoms with Gasteiger partial charge in [-0.3, -0.25) is 9.59 Å². The van der Waals surface area contributed by atoms with Crippen LogP contribution in [0.5, 0.6) is 0 Å². The van der Waals surface area contributed by atoms with Gasteiger partial charge >= 0.3 is 5.97 Å². The molecule has 6 heteroatoms. The first-order chi connectivity index (χ1) is 44.5. The highest BCUT2D eigenvalue weighted by atomic mass is 16.5. The van der Waals surface area contributed by atoms with Gasteiger partial charge in [0.25, 0.3) is 0 Å². The fourth-order valence-corrected chi connectivity index (χ4v) is 13.4. The molecule has 0 aromatic heterocycles. The molecule has 2 atom stereocenters. The summed E-state index contributed by atoms with van der Waals surface area (Å²) in [5.41, 5.74) is 0. The van der Waals surface area contributed by atoms with Crippen LogP contribution < -0.4 is 5.32 Å². The smallest absolute Gasteiger partial charge is 0.305 e. The molecule has 3 N–H and O–H groups in total. The second kappa shape index (κ2) is 79.8. The Hall–Kier alpha value is -1.66. The minimum absolute atomic E-state index is 0.0219. The van der Waals surface area contributed by atoms with E-state index in [0.29, 0.717) is 25.9 Å². The summed E-state index contributed by atoms with van der Waals surface area (Å²) >= 11 is 0. The molecule has 0 aromatic carbocycles. The third-order valence-corrected chi connectivity index (χ3v) is 19.8. The van der Waals surface area contributed by atoms with Gasteiger partial charge in [0.1, 0.15) is 0 Å². The van der Waals surface area contributed by atoms with Crippen molar-refractivity contribution in [2.24, 2.45) is 0 Å². The van der Waals surface area contributed by atoms with Crippen LogP contribution in [0.15, 0.2) is 24.3 Å². The second-order valence-electron chi connectivity index (χ2n) is 28.8. The SMILES string of the molecule is CCCCCCCCCCCCCCCCCCCCCCCC(O)C(CO)NC(=O)CCCCCCCCCCCCCCCCCCC/C=C\C/C=C\CCCCCCCCCCCCCOC(=O)CCCCCCCCCCCCCCCCCCC. The average Bonchev–Trinajstić information content (AvgIpc) is 3.60. The molecule has 0 aliphatic carbocycles. The molecule has 0 radical (unpaired) electrons. The topological polar surface area (TPSA) is 95.9 Å². The predicted molar refractivity (Wildman–Crippen MR) is 398 cm³/mol. The van der Waals surface area contributed by atoms with Crippen LogP contribution in [0.4, 0.5) is 0 Å². The Morgan fingerprint density at radius 2 is 0.556 bits per heavy atom. The summed E-state index contributed by atoms with van der Waals surface area (Å²) < 4.78 is 5.51. The monoisotopic (exact) mass is 1270 g/mol. The van der Waals surface area contributed by atoms with E-state index in [2.05, 4.69) is 43.5 Å². The van der Waals surface area contributed by atoms with Gasteiger partial charge in [0.05, 0.1) is 25.4 Å². The lowest BCUT2D eigenvalue weighted by Gasteiger charge is -2.22. The molecule has 0 spiro atoms. The van der Waals surface area contributed by atoms with E-state index in [1.54, 1.807) is 0 Å². The van der Waals surface area contributed by atoms with Crippen LogP contribution in [-0.2, 0) is 14.3 Å². The number of rotatable bonds is 79. The van der Waals surface area contributed by atoms with Crippen molar-refractivity contribution in [3.8, 4) is 0 Å². The van der Waals surface area contributed by atoms with Crippen LogP contribution in [0, 0.1) is 0 Å². The predicted octanol–water partition coefficient (Wildman–Crippen LogP) is 27.6. The summed E-state index contributed by atoms with van der Waals surface area (Å²) in [4.78, 5) is 24.7. The quantitative estimate of drug-likeness (QED) is 0.0320. The van der Waals surface area contributed by atoms with Crippen molar-refractivity contribution in [3.05, 3.63) is 24.3 Å². The van der Waals surface area contributed by atoms with Crippen LogP contribution in [0.3, 0.4) is 0 Å². The Balaban J connectivity index is 3.36. The Morgan fingerprint density at radius 3 is 0.844 bits per heavy atom. The molecule has 1 amide bonds. The van der Waals surface area contributed by atoms with Gasteiger partial charge in [0.2, 0.25) is 5.91 Å². The molecule has 0 bridgehead atoms. The molecule has 0 aliphatic heterocycles. The summed E-state index contributed by atoms with van der Waals surface area (Å²) in [5, 5.41) is 23.5. The van der Waals surface area contributed by atoms with E-state index in [1.165, 1.54) is 398 Å². The number of aliphatic hydroxyl groups is 2. The summed E-state index contributed by atoms with van der Waals surface area (Å²) in [6, 6.07) is -0.541. The Bertz CT molecular complexity index is 1410. The number of esters is 1. The van der Waals surface area contributed by atoms with Crippen LogP contribution >= 0.6 is 0 Å². The summed E-state index contributed by atoms with van der Waals surface area (Å²) in [6.45, 7) is 5.01. The maximum absolute atomic E-state index is 12.6. The van der Waals surface area contributed by atoms with E-state index in [9.17, 15) is 19.8 Å². The van der Waals surface area contributed by atoms with E-state index < -0.39 is 12.1 Å². The molecule has 0 saturated heterocycles. The van der Waals surface area contributed by atoms with Crippen molar-refractivity contribution >= 4 is 11.9 Å².